The lowest BCUT2D eigenvalue weighted by molar-refractivity contribution is -0.120. The normalized spacial score (nSPS) is 15.7. The molecule has 0 saturated carbocycles. The summed E-state index contributed by atoms with van der Waals surface area (Å²) in [6, 6.07) is 4.41. The van der Waals surface area contributed by atoms with Gasteiger partial charge in [0.2, 0.25) is 15.9 Å². The van der Waals surface area contributed by atoms with Gasteiger partial charge in [-0.25, -0.2) is 18.1 Å². The Labute approximate surface area is 171 Å². The smallest absolute Gasteiger partial charge is 0.244 e. The molecular weight excluding hydrogens is 431 g/mol. The highest BCUT2D eigenvalue weighted by Crippen LogP contribution is 2.28. The van der Waals surface area contributed by atoms with Crippen LogP contribution in [0.15, 0.2) is 34.7 Å². The van der Waals surface area contributed by atoms with Crippen molar-refractivity contribution in [2.75, 3.05) is 24.5 Å². The van der Waals surface area contributed by atoms with Gasteiger partial charge in [-0.1, -0.05) is 29.3 Å². The fourth-order valence-corrected chi connectivity index (χ4v) is 5.66. The number of anilines is 1. The third-order valence-corrected chi connectivity index (χ3v) is 7.35. The first kappa shape index (κ1) is 20.3. The van der Waals surface area contributed by atoms with Gasteiger partial charge in [0.1, 0.15) is 4.90 Å². The summed E-state index contributed by atoms with van der Waals surface area (Å²) >= 11 is 13.4. The summed E-state index contributed by atoms with van der Waals surface area (Å²) in [7, 11) is -3.99. The van der Waals surface area contributed by atoms with Gasteiger partial charge in [-0.05, 0) is 25.0 Å². The predicted octanol–water partition coefficient (Wildman–Crippen LogP) is 2.51. The fourth-order valence-electron chi connectivity index (χ4n) is 2.84. The zero-order valence-corrected chi connectivity index (χ0v) is 17.3. The van der Waals surface area contributed by atoms with Gasteiger partial charge in [0.05, 0.1) is 16.6 Å². The zero-order valence-electron chi connectivity index (χ0n) is 14.2. The first-order valence-electron chi connectivity index (χ1n) is 8.24. The molecule has 7 nitrogen and oxygen atoms in total. The number of nitrogens with one attached hydrogen (secondary N) is 2. The highest BCUT2D eigenvalue weighted by molar-refractivity contribution is 7.89. The lowest BCUT2D eigenvalue weighted by Gasteiger charge is -2.32. The van der Waals surface area contributed by atoms with Gasteiger partial charge in [0, 0.05) is 30.7 Å². The number of carbonyl (C=O) groups is 1. The highest BCUT2D eigenvalue weighted by Gasteiger charge is 2.24. The molecule has 11 heteroatoms. The first-order valence-corrected chi connectivity index (χ1v) is 11.4. The molecule has 3 rings (SSSR count). The van der Waals surface area contributed by atoms with Gasteiger partial charge in [-0.2, -0.15) is 0 Å². The summed E-state index contributed by atoms with van der Waals surface area (Å²) in [6.45, 7) is 1.20. The van der Waals surface area contributed by atoms with E-state index in [1.54, 1.807) is 23.6 Å². The number of hydrogen-bond donors (Lipinski definition) is 2. The SMILES string of the molecule is O=C(CNS(=O)(=O)c1c(Cl)cccc1Cl)NC1CCN(c2nccs2)CC1. The average Bonchev–Trinajstić information content (AvgIpc) is 3.15. The van der Waals surface area contributed by atoms with Crippen LogP contribution in [0.3, 0.4) is 0 Å². The Bertz CT molecular complexity index is 878. The molecule has 1 fully saturated rings. The van der Waals surface area contributed by atoms with Crippen LogP contribution in [0.4, 0.5) is 5.13 Å². The summed E-state index contributed by atoms with van der Waals surface area (Å²) in [6.07, 6.45) is 3.31. The van der Waals surface area contributed by atoms with E-state index in [0.29, 0.717) is 0 Å². The van der Waals surface area contributed by atoms with Gasteiger partial charge < -0.3 is 10.2 Å². The molecule has 146 valence electrons. The lowest BCUT2D eigenvalue weighted by Crippen LogP contribution is -2.47. The summed E-state index contributed by atoms with van der Waals surface area (Å²) in [5, 5.41) is 5.78. The predicted molar refractivity (Wildman–Crippen MR) is 107 cm³/mol. The van der Waals surface area contributed by atoms with Gasteiger partial charge in [0.25, 0.3) is 0 Å². The largest absolute Gasteiger partial charge is 0.352 e. The molecular formula is C16H18Cl2N4O3S2. The number of amides is 1. The maximum atomic E-state index is 12.4. The van der Waals surface area contributed by atoms with Crippen LogP contribution in [0.2, 0.25) is 10.0 Å². The van der Waals surface area contributed by atoms with E-state index in [4.69, 9.17) is 23.2 Å². The van der Waals surface area contributed by atoms with Crippen molar-refractivity contribution in [2.45, 2.75) is 23.8 Å². The lowest BCUT2D eigenvalue weighted by atomic mass is 10.1. The molecule has 2 N–H and O–H groups in total. The molecule has 0 bridgehead atoms. The van der Waals surface area contributed by atoms with E-state index in [2.05, 4.69) is 19.9 Å². The molecule has 1 aromatic carbocycles. The van der Waals surface area contributed by atoms with E-state index in [0.717, 1.165) is 31.1 Å². The van der Waals surface area contributed by atoms with E-state index >= 15 is 0 Å². The number of aromatic nitrogens is 1. The van der Waals surface area contributed by atoms with E-state index < -0.39 is 15.9 Å². The molecule has 1 amide bonds. The number of hydrogen-bond acceptors (Lipinski definition) is 6. The molecule has 1 saturated heterocycles. The van der Waals surface area contributed by atoms with Crippen LogP contribution in [0, 0.1) is 0 Å². The van der Waals surface area contributed by atoms with Crippen LogP contribution in [-0.2, 0) is 14.8 Å². The van der Waals surface area contributed by atoms with Crippen LogP contribution in [0.5, 0.6) is 0 Å². The minimum Gasteiger partial charge on any atom is -0.352 e. The van der Waals surface area contributed by atoms with Gasteiger partial charge in [-0.15, -0.1) is 11.3 Å². The highest BCUT2D eigenvalue weighted by atomic mass is 35.5. The van der Waals surface area contributed by atoms with Crippen molar-refractivity contribution < 1.29 is 13.2 Å². The Kier molecular flexibility index (Phi) is 6.59. The average molecular weight is 449 g/mol. The Balaban J connectivity index is 1.50. The summed E-state index contributed by atoms with van der Waals surface area (Å²) in [5.41, 5.74) is 0. The number of rotatable bonds is 6. The third-order valence-electron chi connectivity index (χ3n) is 4.16. The van der Waals surface area contributed by atoms with Gasteiger partial charge in [0.15, 0.2) is 5.13 Å². The van der Waals surface area contributed by atoms with Crippen molar-refractivity contribution in [2.24, 2.45) is 0 Å². The van der Waals surface area contributed by atoms with Gasteiger partial charge in [-0.3, -0.25) is 4.79 Å². The maximum Gasteiger partial charge on any atom is 0.244 e. The fraction of sp³-hybridized carbons (Fsp3) is 0.375. The van der Waals surface area contributed by atoms with Crippen molar-refractivity contribution in [3.8, 4) is 0 Å². The number of piperidine rings is 1. The zero-order chi connectivity index (χ0) is 19.4. The first-order chi connectivity index (χ1) is 12.9. The summed E-state index contributed by atoms with van der Waals surface area (Å²) < 4.78 is 27.0. The van der Waals surface area contributed by atoms with Crippen molar-refractivity contribution in [1.29, 1.82) is 0 Å². The van der Waals surface area contributed by atoms with Crippen molar-refractivity contribution in [3.05, 3.63) is 39.8 Å². The van der Waals surface area contributed by atoms with E-state index in [-0.39, 0.29) is 27.5 Å². The molecule has 0 unspecified atom stereocenters. The number of nitrogens with zero attached hydrogens (tertiary/aromatic N) is 2. The molecule has 0 atom stereocenters. The minimum absolute atomic E-state index is 0.00196. The molecule has 27 heavy (non-hydrogen) atoms. The molecule has 2 heterocycles. The second-order valence-corrected chi connectivity index (χ2v) is 9.41. The number of benzene rings is 1. The number of halogens is 2. The third kappa shape index (κ3) is 5.11. The molecule has 1 aliphatic rings. The van der Waals surface area contributed by atoms with Crippen LogP contribution in [0.1, 0.15) is 12.8 Å². The monoisotopic (exact) mass is 448 g/mol. The van der Waals surface area contributed by atoms with E-state index in [1.807, 2.05) is 5.38 Å². The Morgan fingerprint density at radius 1 is 1.26 bits per heavy atom. The van der Waals surface area contributed by atoms with Crippen molar-refractivity contribution in [1.82, 2.24) is 15.0 Å². The van der Waals surface area contributed by atoms with Crippen LogP contribution in [-0.4, -0.2) is 45.0 Å². The maximum absolute atomic E-state index is 12.4. The number of thiazole rings is 1. The standard InChI is InChI=1S/C16H18Cl2N4O3S2/c17-12-2-1-3-13(18)15(12)27(24,25)20-10-14(23)21-11-4-7-22(8-5-11)16-19-6-9-26-16/h1-3,6,9,11,20H,4-5,7-8,10H2,(H,21,23). The molecule has 0 radical (unpaired) electrons. The van der Waals surface area contributed by atoms with Crippen molar-refractivity contribution >= 4 is 55.6 Å². The molecule has 2 aromatic rings. The minimum atomic E-state index is -3.99. The molecule has 1 aliphatic heterocycles. The topological polar surface area (TPSA) is 91.4 Å². The summed E-state index contributed by atoms with van der Waals surface area (Å²) in [4.78, 5) is 18.4. The van der Waals surface area contributed by atoms with Gasteiger partial charge >= 0.3 is 0 Å². The van der Waals surface area contributed by atoms with Crippen molar-refractivity contribution in [3.63, 3.8) is 0 Å². The molecule has 0 aliphatic carbocycles. The van der Waals surface area contributed by atoms with E-state index in [9.17, 15) is 13.2 Å². The quantitative estimate of drug-likeness (QED) is 0.707. The molecule has 0 spiro atoms. The van der Waals surface area contributed by atoms with Crippen LogP contribution < -0.4 is 14.9 Å². The Hall–Kier alpha value is -1.39. The van der Waals surface area contributed by atoms with Crippen LogP contribution in [0.25, 0.3) is 0 Å². The second-order valence-electron chi connectivity index (χ2n) is 6.02. The Morgan fingerprint density at radius 3 is 2.52 bits per heavy atom. The Morgan fingerprint density at radius 2 is 1.93 bits per heavy atom. The van der Waals surface area contributed by atoms with Crippen LogP contribution >= 0.6 is 34.5 Å². The molecule has 1 aromatic heterocycles. The number of sulfonamides is 1. The van der Waals surface area contributed by atoms with E-state index in [1.165, 1.54) is 12.1 Å². The summed E-state index contributed by atoms with van der Waals surface area (Å²) in [5.74, 6) is -0.394. The number of carbonyl (C=O) groups excluding carboxylic acids is 1. The second kappa shape index (κ2) is 8.74.